The molecule has 1 saturated heterocycles. The molecule has 0 atom stereocenters. The molecule has 0 radical (unpaired) electrons. The lowest BCUT2D eigenvalue weighted by Crippen LogP contribution is -2.42. The molecule has 2 saturated carbocycles. The zero-order chi connectivity index (χ0) is 14.5. The Morgan fingerprint density at radius 3 is 2.29 bits per heavy atom. The second-order valence-electron chi connectivity index (χ2n) is 7.17. The van der Waals surface area contributed by atoms with Crippen molar-refractivity contribution in [3.8, 4) is 0 Å². The maximum Gasteiger partial charge on any atom is 0.233 e. The van der Waals surface area contributed by atoms with E-state index in [1.807, 2.05) is 0 Å². The van der Waals surface area contributed by atoms with Crippen LogP contribution in [0, 0.1) is 0 Å². The monoisotopic (exact) mass is 284 g/mol. The van der Waals surface area contributed by atoms with E-state index in [4.69, 9.17) is 5.73 Å². The van der Waals surface area contributed by atoms with Crippen LogP contribution in [0.2, 0.25) is 0 Å². The van der Waals surface area contributed by atoms with Gasteiger partial charge in [-0.15, -0.1) is 0 Å². The molecule has 0 spiro atoms. The van der Waals surface area contributed by atoms with Gasteiger partial charge >= 0.3 is 0 Å². The van der Waals surface area contributed by atoms with Crippen LogP contribution in [0.4, 0.5) is 0 Å². The number of benzene rings is 1. The highest BCUT2D eigenvalue weighted by Gasteiger charge is 2.53. The SMILES string of the molecule is NC1(c2cccc(C3(C(=O)N4CCCCC4)CC3)c2)CC1. The Hall–Kier alpha value is -1.35. The summed E-state index contributed by atoms with van der Waals surface area (Å²) in [6.07, 6.45) is 7.74. The standard InChI is InChI=1S/C18H24N2O/c19-18(9-10-18)15-6-4-5-14(13-15)17(7-8-17)16(21)20-11-2-1-3-12-20/h4-6,13H,1-3,7-12,19H2. The van der Waals surface area contributed by atoms with Crippen molar-refractivity contribution in [3.05, 3.63) is 35.4 Å². The van der Waals surface area contributed by atoms with E-state index in [-0.39, 0.29) is 11.0 Å². The molecule has 1 aromatic rings. The molecule has 0 unspecified atom stereocenters. The first-order valence-corrected chi connectivity index (χ1v) is 8.33. The van der Waals surface area contributed by atoms with Gasteiger partial charge < -0.3 is 10.6 Å². The lowest BCUT2D eigenvalue weighted by molar-refractivity contribution is -0.134. The summed E-state index contributed by atoms with van der Waals surface area (Å²) >= 11 is 0. The molecule has 2 aliphatic carbocycles. The Bertz CT molecular complexity index is 566. The molecular weight excluding hydrogens is 260 g/mol. The molecule has 1 aromatic carbocycles. The molecule has 2 N–H and O–H groups in total. The maximum atomic E-state index is 13.0. The Labute approximate surface area is 126 Å². The van der Waals surface area contributed by atoms with E-state index >= 15 is 0 Å². The summed E-state index contributed by atoms with van der Waals surface area (Å²) < 4.78 is 0. The van der Waals surface area contributed by atoms with E-state index in [2.05, 4.69) is 29.2 Å². The van der Waals surface area contributed by atoms with Gasteiger partial charge in [-0.05, 0) is 56.1 Å². The molecule has 3 nitrogen and oxygen atoms in total. The highest BCUT2D eigenvalue weighted by Crippen LogP contribution is 2.51. The molecule has 1 heterocycles. The average Bonchev–Trinajstić information content (AvgIpc) is 3.44. The second kappa shape index (κ2) is 4.57. The molecule has 4 rings (SSSR count). The molecular formula is C18H24N2O. The molecule has 3 heteroatoms. The molecule has 112 valence electrons. The first-order valence-electron chi connectivity index (χ1n) is 8.33. The Balaban J connectivity index is 1.61. The maximum absolute atomic E-state index is 13.0. The molecule has 21 heavy (non-hydrogen) atoms. The fourth-order valence-electron chi connectivity index (χ4n) is 3.70. The molecule has 3 aliphatic rings. The van der Waals surface area contributed by atoms with Crippen LogP contribution in [0.1, 0.15) is 56.1 Å². The van der Waals surface area contributed by atoms with Gasteiger partial charge in [-0.2, -0.15) is 0 Å². The van der Waals surface area contributed by atoms with Crippen molar-refractivity contribution in [3.63, 3.8) is 0 Å². The lowest BCUT2D eigenvalue weighted by Gasteiger charge is -2.31. The van der Waals surface area contributed by atoms with E-state index < -0.39 is 0 Å². The molecule has 0 bridgehead atoms. The fraction of sp³-hybridized carbons (Fsp3) is 0.611. The minimum absolute atomic E-state index is 0.111. The minimum atomic E-state index is -0.224. The third-order valence-corrected chi connectivity index (χ3v) is 5.58. The van der Waals surface area contributed by atoms with Crippen LogP contribution in [0.25, 0.3) is 0 Å². The molecule has 1 amide bonds. The first-order chi connectivity index (χ1) is 10.1. The highest BCUT2D eigenvalue weighted by atomic mass is 16.2. The second-order valence-corrected chi connectivity index (χ2v) is 7.17. The number of nitrogens with two attached hydrogens (primary N) is 1. The topological polar surface area (TPSA) is 46.3 Å². The van der Waals surface area contributed by atoms with E-state index in [1.165, 1.54) is 17.5 Å². The average molecular weight is 284 g/mol. The number of hydrogen-bond donors (Lipinski definition) is 1. The number of carbonyl (C=O) groups excluding carboxylic acids is 1. The number of piperidine rings is 1. The Kier molecular flexibility index (Phi) is 2.90. The molecule has 0 aromatic heterocycles. The van der Waals surface area contributed by atoms with Crippen LogP contribution >= 0.6 is 0 Å². The predicted octanol–water partition coefficient (Wildman–Crippen LogP) is 2.68. The third kappa shape index (κ3) is 2.18. The number of nitrogens with zero attached hydrogens (tertiary/aromatic N) is 1. The van der Waals surface area contributed by atoms with Crippen molar-refractivity contribution >= 4 is 5.91 Å². The summed E-state index contributed by atoms with van der Waals surface area (Å²) in [5.41, 5.74) is 8.41. The lowest BCUT2D eigenvalue weighted by atomic mass is 9.90. The van der Waals surface area contributed by atoms with Gasteiger partial charge in [0.25, 0.3) is 0 Å². The van der Waals surface area contributed by atoms with Crippen LogP contribution < -0.4 is 5.73 Å². The van der Waals surface area contributed by atoms with Crippen molar-refractivity contribution in [2.45, 2.75) is 55.9 Å². The number of carbonyl (C=O) groups is 1. The number of likely N-dealkylation sites (tertiary alicyclic amines) is 1. The van der Waals surface area contributed by atoms with Crippen molar-refractivity contribution in [2.75, 3.05) is 13.1 Å². The van der Waals surface area contributed by atoms with Gasteiger partial charge in [0, 0.05) is 18.6 Å². The summed E-state index contributed by atoms with van der Waals surface area (Å²) in [5.74, 6) is 0.362. The zero-order valence-corrected chi connectivity index (χ0v) is 12.6. The summed E-state index contributed by atoms with van der Waals surface area (Å²) in [6, 6.07) is 8.55. The van der Waals surface area contributed by atoms with E-state index in [1.54, 1.807) is 0 Å². The van der Waals surface area contributed by atoms with Crippen LogP contribution in [-0.2, 0) is 15.7 Å². The summed E-state index contributed by atoms with van der Waals surface area (Å²) in [6.45, 7) is 1.89. The van der Waals surface area contributed by atoms with E-state index in [0.29, 0.717) is 5.91 Å². The molecule has 3 fully saturated rings. The van der Waals surface area contributed by atoms with Gasteiger partial charge in [0.1, 0.15) is 0 Å². The van der Waals surface area contributed by atoms with Gasteiger partial charge in [-0.3, -0.25) is 4.79 Å². The van der Waals surface area contributed by atoms with Crippen molar-refractivity contribution in [1.29, 1.82) is 0 Å². The summed E-state index contributed by atoms with van der Waals surface area (Å²) in [7, 11) is 0. The zero-order valence-electron chi connectivity index (χ0n) is 12.6. The van der Waals surface area contributed by atoms with Crippen molar-refractivity contribution in [2.24, 2.45) is 5.73 Å². The van der Waals surface area contributed by atoms with Crippen molar-refractivity contribution in [1.82, 2.24) is 4.90 Å². The van der Waals surface area contributed by atoms with Gasteiger partial charge in [-0.25, -0.2) is 0 Å². The van der Waals surface area contributed by atoms with Gasteiger partial charge in [-0.1, -0.05) is 24.3 Å². The van der Waals surface area contributed by atoms with Gasteiger partial charge in [0.2, 0.25) is 5.91 Å². The fourth-order valence-corrected chi connectivity index (χ4v) is 3.70. The van der Waals surface area contributed by atoms with E-state index in [0.717, 1.165) is 51.6 Å². The van der Waals surface area contributed by atoms with Crippen LogP contribution in [0.5, 0.6) is 0 Å². The first kappa shape index (κ1) is 13.3. The minimum Gasteiger partial charge on any atom is -0.342 e. The van der Waals surface area contributed by atoms with E-state index in [9.17, 15) is 4.79 Å². The smallest absolute Gasteiger partial charge is 0.233 e. The van der Waals surface area contributed by atoms with Gasteiger partial charge in [0.05, 0.1) is 5.41 Å². The number of amides is 1. The summed E-state index contributed by atoms with van der Waals surface area (Å²) in [5, 5.41) is 0. The Morgan fingerprint density at radius 1 is 1.00 bits per heavy atom. The largest absolute Gasteiger partial charge is 0.342 e. The van der Waals surface area contributed by atoms with Crippen LogP contribution in [0.3, 0.4) is 0 Å². The highest BCUT2D eigenvalue weighted by molar-refractivity contribution is 5.91. The summed E-state index contributed by atoms with van der Waals surface area (Å²) in [4.78, 5) is 15.0. The van der Waals surface area contributed by atoms with Crippen LogP contribution in [0.15, 0.2) is 24.3 Å². The normalized spacial score (nSPS) is 25.5. The molecule has 1 aliphatic heterocycles. The predicted molar refractivity (Wildman–Crippen MR) is 82.9 cm³/mol. The van der Waals surface area contributed by atoms with Gasteiger partial charge in [0.15, 0.2) is 0 Å². The number of hydrogen-bond acceptors (Lipinski definition) is 2. The quantitative estimate of drug-likeness (QED) is 0.927. The Morgan fingerprint density at radius 2 is 1.67 bits per heavy atom. The van der Waals surface area contributed by atoms with Crippen LogP contribution in [-0.4, -0.2) is 23.9 Å². The number of rotatable bonds is 3. The third-order valence-electron chi connectivity index (χ3n) is 5.58. The van der Waals surface area contributed by atoms with Crippen molar-refractivity contribution < 1.29 is 4.79 Å².